The van der Waals surface area contributed by atoms with Crippen molar-refractivity contribution in [2.45, 2.75) is 0 Å². The SMILES string of the molecule is COc1ccc(C(=O)NN=Cc2ccc(Br)cc2)cc1I. The van der Waals surface area contributed by atoms with Crippen LogP contribution < -0.4 is 10.2 Å². The minimum atomic E-state index is -0.260. The van der Waals surface area contributed by atoms with Gasteiger partial charge in [-0.3, -0.25) is 4.79 Å². The van der Waals surface area contributed by atoms with E-state index < -0.39 is 0 Å². The third-order valence-electron chi connectivity index (χ3n) is 2.66. The summed E-state index contributed by atoms with van der Waals surface area (Å²) < 4.78 is 7.03. The maximum absolute atomic E-state index is 12.0. The first-order valence-electron chi connectivity index (χ1n) is 6.02. The molecule has 21 heavy (non-hydrogen) atoms. The Hall–Kier alpha value is -1.41. The second-order valence-electron chi connectivity index (χ2n) is 4.10. The smallest absolute Gasteiger partial charge is 0.271 e. The van der Waals surface area contributed by atoms with Crippen molar-refractivity contribution in [3.05, 3.63) is 61.6 Å². The Morgan fingerprint density at radius 3 is 2.62 bits per heavy atom. The van der Waals surface area contributed by atoms with Crippen molar-refractivity contribution in [3.8, 4) is 5.75 Å². The highest BCUT2D eigenvalue weighted by Gasteiger charge is 2.07. The van der Waals surface area contributed by atoms with Gasteiger partial charge in [-0.05, 0) is 58.5 Å². The average Bonchev–Trinajstić information content (AvgIpc) is 2.49. The number of ether oxygens (including phenoxy) is 1. The van der Waals surface area contributed by atoms with Crippen LogP contribution >= 0.6 is 38.5 Å². The van der Waals surface area contributed by atoms with Gasteiger partial charge < -0.3 is 4.74 Å². The van der Waals surface area contributed by atoms with Crippen LogP contribution in [0.5, 0.6) is 5.75 Å². The van der Waals surface area contributed by atoms with Crippen LogP contribution in [0.2, 0.25) is 0 Å². The summed E-state index contributed by atoms with van der Waals surface area (Å²) in [6.45, 7) is 0. The molecular formula is C15H12BrIN2O2. The summed E-state index contributed by atoms with van der Waals surface area (Å²) in [5, 5.41) is 3.95. The normalized spacial score (nSPS) is 10.6. The van der Waals surface area contributed by atoms with Crippen molar-refractivity contribution in [1.29, 1.82) is 0 Å². The minimum absolute atomic E-state index is 0.260. The summed E-state index contributed by atoms with van der Waals surface area (Å²) in [7, 11) is 1.60. The zero-order chi connectivity index (χ0) is 15.2. The summed E-state index contributed by atoms with van der Waals surface area (Å²) in [5.41, 5.74) is 3.94. The van der Waals surface area contributed by atoms with Gasteiger partial charge in [-0.1, -0.05) is 28.1 Å². The molecule has 1 amide bonds. The molecule has 108 valence electrons. The Morgan fingerprint density at radius 2 is 2.00 bits per heavy atom. The number of hydrogen-bond acceptors (Lipinski definition) is 3. The average molecular weight is 459 g/mol. The third-order valence-corrected chi connectivity index (χ3v) is 4.04. The Bertz CT molecular complexity index is 672. The lowest BCUT2D eigenvalue weighted by molar-refractivity contribution is 0.0955. The molecule has 0 aliphatic rings. The Morgan fingerprint density at radius 1 is 1.29 bits per heavy atom. The molecule has 1 N–H and O–H groups in total. The van der Waals surface area contributed by atoms with Gasteiger partial charge in [-0.15, -0.1) is 0 Å². The third kappa shape index (κ3) is 4.53. The monoisotopic (exact) mass is 458 g/mol. The van der Waals surface area contributed by atoms with Gasteiger partial charge in [0, 0.05) is 10.0 Å². The molecule has 0 radical (unpaired) electrons. The van der Waals surface area contributed by atoms with E-state index in [0.717, 1.165) is 19.4 Å². The molecule has 2 aromatic rings. The second-order valence-corrected chi connectivity index (χ2v) is 6.18. The van der Waals surface area contributed by atoms with Gasteiger partial charge in [0.05, 0.1) is 16.9 Å². The predicted molar refractivity (Wildman–Crippen MR) is 94.9 cm³/mol. The molecule has 0 spiro atoms. The van der Waals surface area contributed by atoms with Crippen LogP contribution in [0.4, 0.5) is 0 Å². The summed E-state index contributed by atoms with van der Waals surface area (Å²) in [5.74, 6) is 0.481. The Labute approximate surface area is 144 Å². The second kappa shape index (κ2) is 7.56. The van der Waals surface area contributed by atoms with Crippen molar-refractivity contribution >= 4 is 50.6 Å². The van der Waals surface area contributed by atoms with Gasteiger partial charge in [-0.2, -0.15) is 5.10 Å². The lowest BCUT2D eigenvalue weighted by Crippen LogP contribution is -2.17. The molecule has 0 saturated carbocycles. The van der Waals surface area contributed by atoms with E-state index in [2.05, 4.69) is 49.0 Å². The maximum Gasteiger partial charge on any atom is 0.271 e. The number of nitrogens with zero attached hydrogens (tertiary/aromatic N) is 1. The molecule has 6 heteroatoms. The standard InChI is InChI=1S/C15H12BrIN2O2/c1-21-14-7-4-11(8-13(14)17)15(20)19-18-9-10-2-5-12(16)6-3-10/h2-9H,1H3,(H,19,20). The van der Waals surface area contributed by atoms with E-state index in [1.165, 1.54) is 0 Å². The molecule has 0 saturated heterocycles. The molecule has 2 aromatic carbocycles. The molecule has 4 nitrogen and oxygen atoms in total. The molecule has 0 aliphatic carbocycles. The van der Waals surface area contributed by atoms with Crippen molar-refractivity contribution in [1.82, 2.24) is 5.43 Å². The van der Waals surface area contributed by atoms with Crippen LogP contribution in [0, 0.1) is 3.57 Å². The highest BCUT2D eigenvalue weighted by Crippen LogP contribution is 2.21. The van der Waals surface area contributed by atoms with Gasteiger partial charge in [0.15, 0.2) is 0 Å². The first-order valence-corrected chi connectivity index (χ1v) is 7.90. The Balaban J connectivity index is 2.01. The number of benzene rings is 2. The van der Waals surface area contributed by atoms with E-state index in [9.17, 15) is 4.79 Å². The minimum Gasteiger partial charge on any atom is -0.496 e. The lowest BCUT2D eigenvalue weighted by Gasteiger charge is -2.05. The van der Waals surface area contributed by atoms with E-state index >= 15 is 0 Å². The number of rotatable bonds is 4. The highest BCUT2D eigenvalue weighted by molar-refractivity contribution is 14.1. The van der Waals surface area contributed by atoms with Crippen molar-refractivity contribution < 1.29 is 9.53 Å². The van der Waals surface area contributed by atoms with Gasteiger partial charge in [0.2, 0.25) is 0 Å². The van der Waals surface area contributed by atoms with Crippen LogP contribution in [0.1, 0.15) is 15.9 Å². The van der Waals surface area contributed by atoms with Gasteiger partial charge in [0.1, 0.15) is 5.75 Å². The van der Waals surface area contributed by atoms with E-state index in [1.54, 1.807) is 31.5 Å². The highest BCUT2D eigenvalue weighted by atomic mass is 127. The number of carbonyl (C=O) groups is 1. The summed E-state index contributed by atoms with van der Waals surface area (Å²) in [6, 6.07) is 12.8. The number of amides is 1. The van der Waals surface area contributed by atoms with E-state index in [0.29, 0.717) is 5.56 Å². The topological polar surface area (TPSA) is 50.7 Å². The molecule has 0 atom stereocenters. The molecular weight excluding hydrogens is 447 g/mol. The number of carbonyl (C=O) groups excluding carboxylic acids is 1. The fourth-order valence-corrected chi connectivity index (χ4v) is 2.59. The van der Waals surface area contributed by atoms with Crippen LogP contribution in [0.3, 0.4) is 0 Å². The summed E-state index contributed by atoms with van der Waals surface area (Å²) >= 11 is 5.48. The summed E-state index contributed by atoms with van der Waals surface area (Å²) in [6.07, 6.45) is 1.60. The first kappa shape index (κ1) is 16.0. The predicted octanol–water partition coefficient (Wildman–Crippen LogP) is 3.83. The fraction of sp³-hybridized carbons (Fsp3) is 0.0667. The zero-order valence-corrected chi connectivity index (χ0v) is 14.9. The zero-order valence-electron chi connectivity index (χ0n) is 11.1. The van der Waals surface area contributed by atoms with Gasteiger partial charge >= 0.3 is 0 Å². The molecule has 0 bridgehead atoms. The van der Waals surface area contributed by atoms with Crippen LogP contribution in [-0.4, -0.2) is 19.2 Å². The molecule has 0 heterocycles. The Kier molecular flexibility index (Phi) is 5.75. The number of nitrogens with one attached hydrogen (secondary N) is 1. The quantitative estimate of drug-likeness (QED) is 0.430. The number of hydrazone groups is 1. The maximum atomic E-state index is 12.0. The number of halogens is 2. The molecule has 0 unspecified atom stereocenters. The summed E-state index contributed by atoms with van der Waals surface area (Å²) in [4.78, 5) is 12.0. The molecule has 0 aromatic heterocycles. The van der Waals surface area contributed by atoms with Gasteiger partial charge in [0.25, 0.3) is 5.91 Å². The first-order chi connectivity index (χ1) is 10.1. The van der Waals surface area contributed by atoms with Gasteiger partial charge in [-0.25, -0.2) is 5.43 Å². The lowest BCUT2D eigenvalue weighted by atomic mass is 10.2. The van der Waals surface area contributed by atoms with Crippen LogP contribution in [0.25, 0.3) is 0 Å². The molecule has 0 fully saturated rings. The van der Waals surface area contributed by atoms with Crippen molar-refractivity contribution in [2.24, 2.45) is 5.10 Å². The van der Waals surface area contributed by atoms with Crippen molar-refractivity contribution in [2.75, 3.05) is 7.11 Å². The fourth-order valence-electron chi connectivity index (χ4n) is 1.59. The largest absolute Gasteiger partial charge is 0.496 e. The number of hydrogen-bond donors (Lipinski definition) is 1. The van der Waals surface area contributed by atoms with Crippen LogP contribution in [-0.2, 0) is 0 Å². The number of methoxy groups -OCH3 is 1. The van der Waals surface area contributed by atoms with E-state index in [-0.39, 0.29) is 5.91 Å². The molecule has 0 aliphatic heterocycles. The van der Waals surface area contributed by atoms with E-state index in [4.69, 9.17) is 4.74 Å². The van der Waals surface area contributed by atoms with Crippen molar-refractivity contribution in [3.63, 3.8) is 0 Å². The van der Waals surface area contributed by atoms with E-state index in [1.807, 2.05) is 24.3 Å². The molecule has 2 rings (SSSR count). The van der Waals surface area contributed by atoms with Crippen LogP contribution in [0.15, 0.2) is 52.0 Å².